The zero-order chi connectivity index (χ0) is 24.0. The zero-order valence-corrected chi connectivity index (χ0v) is 22.1. The molecular weight excluding hydrogens is 420 g/mol. The van der Waals surface area contributed by atoms with Crippen LogP contribution in [0.4, 0.5) is 0 Å². The summed E-state index contributed by atoms with van der Waals surface area (Å²) in [5.74, 6) is 4.33. The molecule has 2 fully saturated rings. The first-order valence-electron chi connectivity index (χ1n) is 14.7. The Hall–Kier alpha value is -2.08. The molecule has 2 aromatic carbocycles. The summed E-state index contributed by atoms with van der Waals surface area (Å²) in [6, 6.07) is 17.0. The summed E-state index contributed by atoms with van der Waals surface area (Å²) < 4.78 is 0. The maximum atomic E-state index is 4.03. The van der Waals surface area contributed by atoms with Crippen LogP contribution in [0.1, 0.15) is 100 Å². The van der Waals surface area contributed by atoms with Gasteiger partial charge in [0.1, 0.15) is 0 Å². The molecule has 0 nitrogen and oxygen atoms in total. The monoisotopic (exact) mass is 466 g/mol. The van der Waals surface area contributed by atoms with E-state index in [0.29, 0.717) is 0 Å². The van der Waals surface area contributed by atoms with E-state index in [1.807, 2.05) is 0 Å². The van der Waals surface area contributed by atoms with Crippen LogP contribution < -0.4 is 0 Å². The largest absolute Gasteiger partial charge is 0.103 e. The highest BCUT2D eigenvalue weighted by molar-refractivity contribution is 5.65. The average Bonchev–Trinajstić information content (AvgIpc) is 2.93. The Kier molecular flexibility index (Phi) is 8.27. The van der Waals surface area contributed by atoms with Gasteiger partial charge in [0.05, 0.1) is 0 Å². The quantitative estimate of drug-likeness (QED) is 0.356. The van der Waals surface area contributed by atoms with Crippen LogP contribution in [0.15, 0.2) is 67.3 Å². The molecule has 0 saturated heterocycles. The average molecular weight is 467 g/mol. The first-order valence-corrected chi connectivity index (χ1v) is 14.7. The third-order valence-electron chi connectivity index (χ3n) is 9.83. The van der Waals surface area contributed by atoms with Crippen molar-refractivity contribution in [2.45, 2.75) is 96.3 Å². The van der Waals surface area contributed by atoms with Crippen LogP contribution >= 0.6 is 0 Å². The van der Waals surface area contributed by atoms with Gasteiger partial charge in [0.25, 0.3) is 0 Å². The molecule has 5 rings (SSSR count). The minimum atomic E-state index is 0.768. The molecule has 0 heterocycles. The van der Waals surface area contributed by atoms with Crippen LogP contribution in [0.2, 0.25) is 0 Å². The fourth-order valence-electron chi connectivity index (χ4n) is 7.45. The molecule has 2 aromatic rings. The van der Waals surface area contributed by atoms with Gasteiger partial charge in [-0.1, -0.05) is 60.7 Å². The van der Waals surface area contributed by atoms with Crippen molar-refractivity contribution in [2.24, 2.45) is 23.7 Å². The summed E-state index contributed by atoms with van der Waals surface area (Å²) in [6.07, 6.45) is 24.4. The van der Waals surface area contributed by atoms with Crippen molar-refractivity contribution >= 4 is 0 Å². The first-order chi connectivity index (χ1) is 17.2. The molecule has 0 aromatic heterocycles. The minimum Gasteiger partial charge on any atom is -0.103 e. The molecule has 0 heteroatoms. The SMILES string of the molecule is C=CC1CCC(C2CCc3cc(-c4ccc(C5CCC(CC/C=C/C)CC5)cc4)ccc3C2)CC1. The maximum Gasteiger partial charge on any atom is -0.0162 e. The van der Waals surface area contributed by atoms with Gasteiger partial charge in [0.15, 0.2) is 0 Å². The highest BCUT2D eigenvalue weighted by Crippen LogP contribution is 2.41. The molecular formula is C35H46. The van der Waals surface area contributed by atoms with E-state index in [0.717, 1.165) is 29.6 Å². The van der Waals surface area contributed by atoms with E-state index in [4.69, 9.17) is 0 Å². The predicted molar refractivity (Wildman–Crippen MR) is 152 cm³/mol. The minimum absolute atomic E-state index is 0.768. The third kappa shape index (κ3) is 6.02. The lowest BCUT2D eigenvalue weighted by Crippen LogP contribution is -2.26. The number of hydrogen-bond acceptors (Lipinski definition) is 0. The second-order valence-corrected chi connectivity index (χ2v) is 11.9. The van der Waals surface area contributed by atoms with Crippen molar-refractivity contribution in [3.63, 3.8) is 0 Å². The van der Waals surface area contributed by atoms with Gasteiger partial charge in [-0.3, -0.25) is 0 Å². The fraction of sp³-hybridized carbons (Fsp3) is 0.543. The molecule has 0 N–H and O–H groups in total. The number of fused-ring (bicyclic) bond motifs is 1. The van der Waals surface area contributed by atoms with Gasteiger partial charge in [-0.2, -0.15) is 0 Å². The van der Waals surface area contributed by atoms with Crippen LogP contribution in [0.25, 0.3) is 11.1 Å². The number of rotatable bonds is 7. The molecule has 3 aliphatic rings. The highest BCUT2D eigenvalue weighted by atomic mass is 14.3. The lowest BCUT2D eigenvalue weighted by Gasteiger charge is -2.36. The lowest BCUT2D eigenvalue weighted by molar-refractivity contribution is 0.206. The third-order valence-corrected chi connectivity index (χ3v) is 9.83. The van der Waals surface area contributed by atoms with Crippen LogP contribution in [0, 0.1) is 23.7 Å². The van der Waals surface area contributed by atoms with Crippen LogP contribution in [0.5, 0.6) is 0 Å². The summed E-state index contributed by atoms with van der Waals surface area (Å²) in [7, 11) is 0. The van der Waals surface area contributed by atoms with Crippen molar-refractivity contribution in [2.75, 3.05) is 0 Å². The molecule has 0 amide bonds. The Bertz CT molecular complexity index is 977. The number of aryl methyl sites for hydroxylation is 1. The summed E-state index contributed by atoms with van der Waals surface area (Å²) in [5, 5.41) is 0. The van der Waals surface area contributed by atoms with Gasteiger partial charge in [-0.05, 0) is 148 Å². The van der Waals surface area contributed by atoms with Crippen LogP contribution in [0.3, 0.4) is 0 Å². The van der Waals surface area contributed by atoms with Gasteiger partial charge in [-0.25, -0.2) is 0 Å². The van der Waals surface area contributed by atoms with Gasteiger partial charge in [-0.15, -0.1) is 6.58 Å². The van der Waals surface area contributed by atoms with E-state index in [2.05, 4.69) is 74.2 Å². The summed E-state index contributed by atoms with van der Waals surface area (Å²) >= 11 is 0. The van der Waals surface area contributed by atoms with Crippen LogP contribution in [-0.4, -0.2) is 0 Å². The fourth-order valence-corrected chi connectivity index (χ4v) is 7.45. The maximum absolute atomic E-state index is 4.03. The van der Waals surface area contributed by atoms with Gasteiger partial charge in [0.2, 0.25) is 0 Å². The molecule has 0 aliphatic heterocycles. The van der Waals surface area contributed by atoms with Crippen molar-refractivity contribution < 1.29 is 0 Å². The number of benzene rings is 2. The van der Waals surface area contributed by atoms with Gasteiger partial charge in [0, 0.05) is 0 Å². The molecule has 0 spiro atoms. The Morgan fingerprint density at radius 2 is 1.51 bits per heavy atom. The topological polar surface area (TPSA) is 0 Å². The Balaban J connectivity index is 1.17. The molecule has 2 saturated carbocycles. The van der Waals surface area contributed by atoms with E-state index in [1.54, 1.807) is 16.7 Å². The standard InChI is InChI=1S/C35H46/c1-3-5-6-7-27-10-14-28(15-11-27)29-16-18-31(19-17-29)33-21-23-34-24-32(20-22-35(34)25-33)30-12-8-26(4-2)9-13-30/h3-5,16-19,21,23,25-28,30,32H,2,6-15,20,22,24H2,1H3/b5-3+. The summed E-state index contributed by atoms with van der Waals surface area (Å²) in [6.45, 7) is 6.16. The van der Waals surface area contributed by atoms with Gasteiger partial charge < -0.3 is 0 Å². The molecule has 186 valence electrons. The second kappa shape index (κ2) is 11.8. The van der Waals surface area contributed by atoms with Crippen molar-refractivity contribution in [1.29, 1.82) is 0 Å². The molecule has 1 atom stereocenters. The van der Waals surface area contributed by atoms with E-state index < -0.39 is 0 Å². The van der Waals surface area contributed by atoms with Crippen molar-refractivity contribution in [3.8, 4) is 11.1 Å². The highest BCUT2D eigenvalue weighted by Gasteiger charge is 2.29. The van der Waals surface area contributed by atoms with Gasteiger partial charge >= 0.3 is 0 Å². The summed E-state index contributed by atoms with van der Waals surface area (Å²) in [4.78, 5) is 0. The normalized spacial score (nSPS) is 29.1. The predicted octanol–water partition coefficient (Wildman–Crippen LogP) is 10.1. The van der Waals surface area contributed by atoms with E-state index >= 15 is 0 Å². The molecule has 3 aliphatic carbocycles. The Morgan fingerprint density at radius 1 is 0.771 bits per heavy atom. The summed E-state index contributed by atoms with van der Waals surface area (Å²) in [5.41, 5.74) is 7.60. The Labute approximate surface area is 214 Å². The number of hydrogen-bond donors (Lipinski definition) is 0. The molecule has 35 heavy (non-hydrogen) atoms. The van der Waals surface area contributed by atoms with E-state index in [9.17, 15) is 0 Å². The number of allylic oxidation sites excluding steroid dienone is 3. The molecule has 1 unspecified atom stereocenters. The van der Waals surface area contributed by atoms with E-state index in [-0.39, 0.29) is 0 Å². The van der Waals surface area contributed by atoms with Crippen molar-refractivity contribution in [3.05, 3.63) is 84.0 Å². The molecule has 0 radical (unpaired) electrons. The second-order valence-electron chi connectivity index (χ2n) is 11.9. The van der Waals surface area contributed by atoms with Crippen molar-refractivity contribution in [1.82, 2.24) is 0 Å². The smallest absolute Gasteiger partial charge is 0.0162 e. The molecule has 0 bridgehead atoms. The van der Waals surface area contributed by atoms with E-state index in [1.165, 1.54) is 94.6 Å². The lowest BCUT2D eigenvalue weighted by atomic mass is 9.69. The van der Waals surface area contributed by atoms with Crippen LogP contribution in [-0.2, 0) is 12.8 Å². The Morgan fingerprint density at radius 3 is 2.23 bits per heavy atom. The first kappa shape index (κ1) is 24.6. The zero-order valence-electron chi connectivity index (χ0n) is 22.1.